The molecule has 2 rings (SSSR count). The van der Waals surface area contributed by atoms with Gasteiger partial charge in [0.15, 0.2) is 11.6 Å². The van der Waals surface area contributed by atoms with Crippen LogP contribution < -0.4 is 10.5 Å². The Hall–Kier alpha value is -1.10. The summed E-state index contributed by atoms with van der Waals surface area (Å²) in [7, 11) is 0. The number of halogens is 3. The van der Waals surface area contributed by atoms with Crippen molar-refractivity contribution in [2.24, 2.45) is 5.73 Å². The van der Waals surface area contributed by atoms with Gasteiger partial charge in [-0.3, -0.25) is 0 Å². The van der Waals surface area contributed by atoms with Crippen LogP contribution in [0.2, 0.25) is 5.02 Å². The van der Waals surface area contributed by atoms with E-state index in [2.05, 4.69) is 15.9 Å². The number of ether oxygens (including phenoxy) is 1. The number of hydrogen-bond donors (Lipinski definition) is 1. The molecule has 0 aliphatic rings. The van der Waals surface area contributed by atoms with Crippen molar-refractivity contribution in [3.05, 3.63) is 57.3 Å². The molecule has 0 atom stereocenters. The number of benzene rings is 2. The average Bonchev–Trinajstić information content (AvgIpc) is 2.37. The van der Waals surface area contributed by atoms with E-state index in [1.54, 1.807) is 30.3 Å². The minimum Gasteiger partial charge on any atom is -0.454 e. The van der Waals surface area contributed by atoms with Crippen molar-refractivity contribution < 1.29 is 9.13 Å². The summed E-state index contributed by atoms with van der Waals surface area (Å²) >= 11 is 9.30. The van der Waals surface area contributed by atoms with E-state index in [4.69, 9.17) is 22.1 Å². The highest BCUT2D eigenvalue weighted by Crippen LogP contribution is 2.32. The maximum absolute atomic E-state index is 13.7. The largest absolute Gasteiger partial charge is 0.454 e. The second-order valence-corrected chi connectivity index (χ2v) is 5.25. The molecule has 0 saturated carbocycles. The van der Waals surface area contributed by atoms with Crippen LogP contribution in [0, 0.1) is 5.82 Å². The molecule has 0 spiro atoms. The van der Waals surface area contributed by atoms with E-state index in [0.29, 0.717) is 28.2 Å². The van der Waals surface area contributed by atoms with E-state index < -0.39 is 5.82 Å². The van der Waals surface area contributed by atoms with E-state index in [1.807, 2.05) is 0 Å². The molecule has 2 N–H and O–H groups in total. The van der Waals surface area contributed by atoms with Crippen LogP contribution in [-0.2, 0) is 6.42 Å². The van der Waals surface area contributed by atoms with Gasteiger partial charge < -0.3 is 10.5 Å². The van der Waals surface area contributed by atoms with Crippen molar-refractivity contribution in [1.29, 1.82) is 0 Å². The van der Waals surface area contributed by atoms with Crippen LogP contribution in [0.5, 0.6) is 11.5 Å². The summed E-state index contributed by atoms with van der Waals surface area (Å²) < 4.78 is 20.0. The summed E-state index contributed by atoms with van der Waals surface area (Å²) in [6, 6.07) is 9.89. The highest BCUT2D eigenvalue weighted by Gasteiger charge is 2.11. The van der Waals surface area contributed by atoms with Gasteiger partial charge in [0.05, 0.1) is 0 Å². The van der Waals surface area contributed by atoms with Crippen LogP contribution in [0.25, 0.3) is 0 Å². The van der Waals surface area contributed by atoms with E-state index >= 15 is 0 Å². The van der Waals surface area contributed by atoms with Crippen LogP contribution in [0.1, 0.15) is 5.56 Å². The smallest absolute Gasteiger partial charge is 0.166 e. The fraction of sp³-hybridized carbons (Fsp3) is 0.143. The molecule has 5 heteroatoms. The number of hydrogen-bond acceptors (Lipinski definition) is 2. The van der Waals surface area contributed by atoms with Gasteiger partial charge in [0.1, 0.15) is 5.75 Å². The van der Waals surface area contributed by atoms with E-state index in [-0.39, 0.29) is 5.75 Å². The van der Waals surface area contributed by atoms with Crippen LogP contribution in [0.15, 0.2) is 40.9 Å². The normalized spacial score (nSPS) is 10.5. The van der Waals surface area contributed by atoms with Gasteiger partial charge in [-0.15, -0.1) is 0 Å². The first kappa shape index (κ1) is 14.3. The minimum absolute atomic E-state index is 0.156. The lowest BCUT2D eigenvalue weighted by Gasteiger charge is -2.12. The third-order valence-electron chi connectivity index (χ3n) is 2.58. The molecule has 100 valence electrons. The van der Waals surface area contributed by atoms with Gasteiger partial charge >= 0.3 is 0 Å². The SMILES string of the molecule is NCCc1c(Cl)cccc1Oc1ccc(Br)cc1F. The molecule has 0 aliphatic heterocycles. The third kappa shape index (κ3) is 3.47. The van der Waals surface area contributed by atoms with Crippen LogP contribution >= 0.6 is 27.5 Å². The Balaban J connectivity index is 2.35. The zero-order valence-corrected chi connectivity index (χ0v) is 12.3. The molecule has 0 unspecified atom stereocenters. The summed E-state index contributed by atoms with van der Waals surface area (Å²) in [6.07, 6.45) is 0.577. The van der Waals surface area contributed by atoms with Gasteiger partial charge in [0.2, 0.25) is 0 Å². The quantitative estimate of drug-likeness (QED) is 0.884. The molecule has 0 heterocycles. The molecule has 2 aromatic carbocycles. The highest BCUT2D eigenvalue weighted by molar-refractivity contribution is 9.10. The zero-order valence-electron chi connectivity index (χ0n) is 10.00. The Morgan fingerprint density at radius 2 is 2.00 bits per heavy atom. The van der Waals surface area contributed by atoms with E-state index in [9.17, 15) is 4.39 Å². The first-order chi connectivity index (χ1) is 9.11. The van der Waals surface area contributed by atoms with Crippen molar-refractivity contribution >= 4 is 27.5 Å². The van der Waals surface area contributed by atoms with Gasteiger partial charge in [0.25, 0.3) is 0 Å². The lowest BCUT2D eigenvalue weighted by molar-refractivity contribution is 0.437. The van der Waals surface area contributed by atoms with Crippen molar-refractivity contribution in [2.45, 2.75) is 6.42 Å². The summed E-state index contributed by atoms with van der Waals surface area (Å²) in [5, 5.41) is 0.570. The van der Waals surface area contributed by atoms with Gasteiger partial charge in [-0.25, -0.2) is 4.39 Å². The molecule has 2 nitrogen and oxygen atoms in total. The van der Waals surface area contributed by atoms with E-state index in [1.165, 1.54) is 6.07 Å². The van der Waals surface area contributed by atoms with Crippen molar-refractivity contribution in [3.63, 3.8) is 0 Å². The first-order valence-electron chi connectivity index (χ1n) is 5.72. The van der Waals surface area contributed by atoms with Crippen molar-refractivity contribution in [3.8, 4) is 11.5 Å². The minimum atomic E-state index is -0.437. The summed E-state index contributed by atoms with van der Waals surface area (Å²) in [5.74, 6) is 0.246. The summed E-state index contributed by atoms with van der Waals surface area (Å²) in [6.45, 7) is 0.447. The van der Waals surface area contributed by atoms with Gasteiger partial charge in [-0.1, -0.05) is 33.6 Å². The Morgan fingerprint density at radius 1 is 1.21 bits per heavy atom. The highest BCUT2D eigenvalue weighted by atomic mass is 79.9. The second kappa shape index (κ2) is 6.37. The predicted octanol–water partition coefficient (Wildman–Crippen LogP) is 4.54. The zero-order chi connectivity index (χ0) is 13.8. The standard InChI is InChI=1S/C14H12BrClFNO/c15-9-4-5-14(12(17)8-9)19-13-3-1-2-11(16)10(13)6-7-18/h1-5,8H,6-7,18H2. The summed E-state index contributed by atoms with van der Waals surface area (Å²) in [4.78, 5) is 0. The molecule has 2 aromatic rings. The monoisotopic (exact) mass is 343 g/mol. The van der Waals surface area contributed by atoms with Crippen molar-refractivity contribution in [2.75, 3.05) is 6.54 Å². The first-order valence-corrected chi connectivity index (χ1v) is 6.89. The second-order valence-electron chi connectivity index (χ2n) is 3.93. The number of nitrogens with two attached hydrogens (primary N) is 1. The maximum Gasteiger partial charge on any atom is 0.166 e. The molecule has 0 saturated heterocycles. The molecule has 0 amide bonds. The predicted molar refractivity (Wildman–Crippen MR) is 78.4 cm³/mol. The van der Waals surface area contributed by atoms with Crippen LogP contribution in [0.4, 0.5) is 4.39 Å². The van der Waals surface area contributed by atoms with E-state index in [0.717, 1.165) is 5.56 Å². The van der Waals surface area contributed by atoms with Gasteiger partial charge in [-0.2, -0.15) is 0 Å². The third-order valence-corrected chi connectivity index (χ3v) is 3.43. The lowest BCUT2D eigenvalue weighted by atomic mass is 10.1. The Bertz CT molecular complexity index is 592. The molecular weight excluding hydrogens is 333 g/mol. The van der Waals surface area contributed by atoms with Crippen LogP contribution in [0.3, 0.4) is 0 Å². The Kier molecular flexibility index (Phi) is 4.80. The van der Waals surface area contributed by atoms with Gasteiger partial charge in [-0.05, 0) is 43.3 Å². The molecular formula is C14H12BrClFNO. The molecule has 0 fully saturated rings. The fourth-order valence-corrected chi connectivity index (χ4v) is 2.29. The molecule has 0 aromatic heterocycles. The lowest BCUT2D eigenvalue weighted by Crippen LogP contribution is -2.05. The molecule has 19 heavy (non-hydrogen) atoms. The topological polar surface area (TPSA) is 35.2 Å². The fourth-order valence-electron chi connectivity index (χ4n) is 1.70. The van der Waals surface area contributed by atoms with Crippen LogP contribution in [-0.4, -0.2) is 6.54 Å². The Labute approximate surface area is 124 Å². The average molecular weight is 345 g/mol. The molecule has 0 radical (unpaired) electrons. The maximum atomic E-state index is 13.7. The number of rotatable bonds is 4. The molecule has 0 bridgehead atoms. The van der Waals surface area contributed by atoms with Crippen molar-refractivity contribution in [1.82, 2.24) is 0 Å². The Morgan fingerprint density at radius 3 is 2.68 bits per heavy atom. The molecule has 0 aliphatic carbocycles. The van der Waals surface area contributed by atoms with Gasteiger partial charge in [0, 0.05) is 15.1 Å². The summed E-state index contributed by atoms with van der Waals surface area (Å²) in [5.41, 5.74) is 6.33.